The van der Waals surface area contributed by atoms with Crippen LogP contribution in [0.3, 0.4) is 0 Å². The molecule has 0 heterocycles. The van der Waals surface area contributed by atoms with E-state index in [1.54, 1.807) is 6.92 Å². The number of carboxylic acid groups (broad SMARTS) is 1. The number of amides is 1. The fourth-order valence-electron chi connectivity index (χ4n) is 1.71. The number of sulfone groups is 1. The molecule has 0 aromatic heterocycles. The van der Waals surface area contributed by atoms with Crippen molar-refractivity contribution in [3.05, 3.63) is 28.8 Å². The highest BCUT2D eigenvalue weighted by Gasteiger charge is 2.18. The zero-order chi connectivity index (χ0) is 16.2. The molecule has 21 heavy (non-hydrogen) atoms. The van der Waals surface area contributed by atoms with Crippen molar-refractivity contribution in [2.24, 2.45) is 0 Å². The molecule has 0 aliphatic rings. The first-order valence-corrected chi connectivity index (χ1v) is 8.44. The Hall–Kier alpha value is -1.60. The normalized spacial score (nSPS) is 12.7. The topological polar surface area (TPSA) is 101 Å². The number of rotatable bonds is 6. The number of carbonyl (C=O) groups excluding carboxylic acids is 1. The molecule has 1 aromatic carbocycles. The van der Waals surface area contributed by atoms with E-state index in [2.05, 4.69) is 5.32 Å². The standard InChI is InChI=1S/C13H16ClNO5S/c1-3-9(7-12(16)17)15-13(18)8-4-5-10(14)11(6-8)21(2,19)20/h4-6,9H,3,7H2,1-2H3,(H,15,18)(H,16,17). The Morgan fingerprint density at radius 1 is 1.38 bits per heavy atom. The van der Waals surface area contributed by atoms with Gasteiger partial charge in [-0.2, -0.15) is 0 Å². The van der Waals surface area contributed by atoms with E-state index in [1.165, 1.54) is 18.2 Å². The molecular weight excluding hydrogens is 318 g/mol. The van der Waals surface area contributed by atoms with Crippen molar-refractivity contribution in [1.29, 1.82) is 0 Å². The van der Waals surface area contributed by atoms with E-state index >= 15 is 0 Å². The van der Waals surface area contributed by atoms with Crippen LogP contribution in [0, 0.1) is 0 Å². The first-order chi connectivity index (χ1) is 9.65. The van der Waals surface area contributed by atoms with Crippen LogP contribution in [0.1, 0.15) is 30.1 Å². The average Bonchev–Trinajstić information content (AvgIpc) is 2.36. The van der Waals surface area contributed by atoms with Gasteiger partial charge in [-0.15, -0.1) is 0 Å². The first-order valence-electron chi connectivity index (χ1n) is 6.17. The van der Waals surface area contributed by atoms with Crippen LogP contribution in [-0.4, -0.2) is 37.7 Å². The van der Waals surface area contributed by atoms with Crippen LogP contribution < -0.4 is 5.32 Å². The van der Waals surface area contributed by atoms with Crippen LogP contribution in [0.25, 0.3) is 0 Å². The van der Waals surface area contributed by atoms with Crippen molar-refractivity contribution >= 4 is 33.3 Å². The van der Waals surface area contributed by atoms with E-state index in [0.717, 1.165) is 6.26 Å². The summed E-state index contributed by atoms with van der Waals surface area (Å²) in [4.78, 5) is 22.6. The van der Waals surface area contributed by atoms with Crippen molar-refractivity contribution in [3.63, 3.8) is 0 Å². The van der Waals surface area contributed by atoms with Crippen LogP contribution in [0.5, 0.6) is 0 Å². The van der Waals surface area contributed by atoms with Gasteiger partial charge in [0.2, 0.25) is 0 Å². The summed E-state index contributed by atoms with van der Waals surface area (Å²) in [5.41, 5.74) is 0.115. The second-order valence-corrected chi connectivity index (χ2v) is 6.99. The minimum Gasteiger partial charge on any atom is -0.481 e. The molecule has 0 saturated carbocycles. The van der Waals surface area contributed by atoms with Crippen LogP contribution in [0.4, 0.5) is 0 Å². The summed E-state index contributed by atoms with van der Waals surface area (Å²) in [5.74, 6) is -1.56. The highest BCUT2D eigenvalue weighted by atomic mass is 35.5. The highest BCUT2D eigenvalue weighted by molar-refractivity contribution is 7.90. The Labute approximate surface area is 128 Å². The highest BCUT2D eigenvalue weighted by Crippen LogP contribution is 2.22. The summed E-state index contributed by atoms with van der Waals surface area (Å²) >= 11 is 5.80. The van der Waals surface area contributed by atoms with Crippen molar-refractivity contribution in [2.45, 2.75) is 30.7 Å². The lowest BCUT2D eigenvalue weighted by atomic mass is 10.1. The monoisotopic (exact) mass is 333 g/mol. The first kappa shape index (κ1) is 17.5. The van der Waals surface area contributed by atoms with Crippen molar-refractivity contribution < 1.29 is 23.1 Å². The fraction of sp³-hybridized carbons (Fsp3) is 0.385. The van der Waals surface area contributed by atoms with Gasteiger partial charge in [0.05, 0.1) is 16.3 Å². The lowest BCUT2D eigenvalue weighted by Crippen LogP contribution is -2.36. The van der Waals surface area contributed by atoms with E-state index in [1.807, 2.05) is 0 Å². The molecule has 0 bridgehead atoms. The summed E-state index contributed by atoms with van der Waals surface area (Å²) in [6, 6.07) is 3.37. The van der Waals surface area contributed by atoms with Crippen molar-refractivity contribution in [3.8, 4) is 0 Å². The molecule has 2 N–H and O–H groups in total. The summed E-state index contributed by atoms with van der Waals surface area (Å²) in [5, 5.41) is 11.3. The van der Waals surface area contributed by atoms with E-state index in [9.17, 15) is 18.0 Å². The minimum atomic E-state index is -3.55. The zero-order valence-corrected chi connectivity index (χ0v) is 13.2. The van der Waals surface area contributed by atoms with Gasteiger partial charge in [0, 0.05) is 17.9 Å². The van der Waals surface area contributed by atoms with Gasteiger partial charge in [0.25, 0.3) is 5.91 Å². The lowest BCUT2D eigenvalue weighted by Gasteiger charge is -2.15. The Morgan fingerprint density at radius 3 is 2.48 bits per heavy atom. The van der Waals surface area contributed by atoms with Gasteiger partial charge in [-0.3, -0.25) is 9.59 Å². The number of benzene rings is 1. The van der Waals surface area contributed by atoms with Gasteiger partial charge < -0.3 is 10.4 Å². The second kappa shape index (κ2) is 6.91. The maximum atomic E-state index is 12.0. The smallest absolute Gasteiger partial charge is 0.305 e. The molecule has 0 radical (unpaired) electrons. The molecule has 1 rings (SSSR count). The minimum absolute atomic E-state index is 0.0339. The number of hydrogen-bond acceptors (Lipinski definition) is 4. The Bertz CT molecular complexity index is 657. The molecule has 1 unspecified atom stereocenters. The Kier molecular flexibility index (Phi) is 5.74. The average molecular weight is 334 g/mol. The van der Waals surface area contributed by atoms with Crippen LogP contribution >= 0.6 is 11.6 Å². The van der Waals surface area contributed by atoms with E-state index < -0.39 is 27.8 Å². The van der Waals surface area contributed by atoms with Crippen LogP contribution in [0.15, 0.2) is 23.1 Å². The van der Waals surface area contributed by atoms with Gasteiger partial charge in [-0.1, -0.05) is 18.5 Å². The largest absolute Gasteiger partial charge is 0.481 e. The Morgan fingerprint density at radius 2 is 2.00 bits per heavy atom. The second-order valence-electron chi connectivity index (χ2n) is 4.59. The molecule has 8 heteroatoms. The molecule has 0 aliphatic heterocycles. The lowest BCUT2D eigenvalue weighted by molar-refractivity contribution is -0.137. The SMILES string of the molecule is CCC(CC(=O)O)NC(=O)c1ccc(Cl)c(S(C)(=O)=O)c1. The van der Waals surface area contributed by atoms with E-state index in [-0.39, 0.29) is 21.9 Å². The van der Waals surface area contributed by atoms with Gasteiger partial charge in [0.1, 0.15) is 0 Å². The number of carbonyl (C=O) groups is 2. The van der Waals surface area contributed by atoms with Crippen LogP contribution in [-0.2, 0) is 14.6 Å². The molecule has 1 amide bonds. The van der Waals surface area contributed by atoms with Gasteiger partial charge >= 0.3 is 5.97 Å². The Balaban J connectivity index is 3.01. The quantitative estimate of drug-likeness (QED) is 0.825. The molecule has 0 fully saturated rings. The third-order valence-electron chi connectivity index (χ3n) is 2.84. The fourth-order valence-corrected chi connectivity index (χ4v) is 3.01. The number of aliphatic carboxylic acids is 1. The summed E-state index contributed by atoms with van der Waals surface area (Å²) < 4.78 is 23.1. The maximum Gasteiger partial charge on any atom is 0.305 e. The molecule has 0 aliphatic carbocycles. The van der Waals surface area contributed by atoms with E-state index in [0.29, 0.717) is 6.42 Å². The predicted octanol–water partition coefficient (Wildman–Crippen LogP) is 1.73. The summed E-state index contributed by atoms with van der Waals surface area (Å²) in [6.07, 6.45) is 1.24. The molecule has 1 atom stereocenters. The molecule has 0 saturated heterocycles. The molecule has 116 valence electrons. The molecule has 1 aromatic rings. The number of halogens is 1. The summed E-state index contributed by atoms with van der Waals surface area (Å²) in [7, 11) is -3.55. The number of hydrogen-bond donors (Lipinski definition) is 2. The maximum absolute atomic E-state index is 12.0. The third-order valence-corrected chi connectivity index (χ3v) is 4.42. The van der Waals surface area contributed by atoms with E-state index in [4.69, 9.17) is 16.7 Å². The van der Waals surface area contributed by atoms with Crippen LogP contribution in [0.2, 0.25) is 5.02 Å². The summed E-state index contributed by atoms with van der Waals surface area (Å²) in [6.45, 7) is 1.75. The zero-order valence-electron chi connectivity index (χ0n) is 11.6. The van der Waals surface area contributed by atoms with Gasteiger partial charge in [-0.25, -0.2) is 8.42 Å². The molecule has 0 spiro atoms. The van der Waals surface area contributed by atoms with Crippen molar-refractivity contribution in [1.82, 2.24) is 5.32 Å². The van der Waals surface area contributed by atoms with Gasteiger partial charge in [-0.05, 0) is 24.6 Å². The predicted molar refractivity (Wildman–Crippen MR) is 78.4 cm³/mol. The number of nitrogens with one attached hydrogen (secondary N) is 1. The molecular formula is C13H16ClNO5S. The molecule has 6 nitrogen and oxygen atoms in total. The third kappa shape index (κ3) is 5.02. The van der Waals surface area contributed by atoms with Gasteiger partial charge in [0.15, 0.2) is 9.84 Å². The van der Waals surface area contributed by atoms with Crippen molar-refractivity contribution in [2.75, 3.05) is 6.26 Å². The number of carboxylic acids is 1.